The lowest BCUT2D eigenvalue weighted by Crippen LogP contribution is -2.00. The zero-order chi connectivity index (χ0) is 14.4. The molecule has 0 atom stereocenters. The maximum atomic E-state index is 6.10. The number of hydrogen-bond acceptors (Lipinski definition) is 3. The van der Waals surface area contributed by atoms with Crippen molar-refractivity contribution < 1.29 is 9.47 Å². The second-order valence-corrected chi connectivity index (χ2v) is 4.86. The number of hydrogen-bond donors (Lipinski definition) is 1. The number of nitrogens with one attached hydrogen (secondary N) is 1. The van der Waals surface area contributed by atoms with Crippen LogP contribution in [0, 0.1) is 0 Å². The summed E-state index contributed by atoms with van der Waals surface area (Å²) in [6.45, 7) is 1.36. The summed E-state index contributed by atoms with van der Waals surface area (Å²) in [6.07, 6.45) is 0. The van der Waals surface area contributed by atoms with Gasteiger partial charge in [-0.3, -0.25) is 0 Å². The lowest BCUT2D eigenvalue weighted by molar-refractivity contribution is 0.185. The zero-order valence-corrected chi connectivity index (χ0v) is 12.4. The van der Waals surface area contributed by atoms with Gasteiger partial charge >= 0.3 is 0 Å². The summed E-state index contributed by atoms with van der Waals surface area (Å²) in [5, 5.41) is 3.94. The van der Waals surface area contributed by atoms with Gasteiger partial charge in [0.15, 0.2) is 0 Å². The Morgan fingerprint density at radius 2 is 1.85 bits per heavy atom. The molecule has 0 saturated carbocycles. The van der Waals surface area contributed by atoms with E-state index < -0.39 is 0 Å². The number of rotatable bonds is 6. The molecule has 0 unspecified atom stereocenters. The summed E-state index contributed by atoms with van der Waals surface area (Å²) in [6, 6.07) is 14.0. The summed E-state index contributed by atoms with van der Waals surface area (Å²) in [5.41, 5.74) is 3.33. The highest BCUT2D eigenvalue weighted by Gasteiger charge is 2.02. The average molecular weight is 292 g/mol. The molecule has 0 fully saturated rings. The summed E-state index contributed by atoms with van der Waals surface area (Å²) < 4.78 is 10.3. The molecule has 3 nitrogen and oxygen atoms in total. The van der Waals surface area contributed by atoms with E-state index in [2.05, 4.69) is 23.5 Å². The third-order valence-electron chi connectivity index (χ3n) is 2.95. The fourth-order valence-electron chi connectivity index (χ4n) is 1.98. The maximum Gasteiger partial charge on any atom is 0.137 e. The molecular weight excluding hydrogens is 274 g/mol. The van der Waals surface area contributed by atoms with Gasteiger partial charge in [0.05, 0.1) is 18.7 Å². The standard InChI is InChI=1S/C16H18ClNO2/c1-19-11-13-5-3-4-12(8-13)10-18-14-6-7-16(20-2)15(17)9-14/h3-9,18H,10-11H2,1-2H3. The van der Waals surface area contributed by atoms with Crippen molar-refractivity contribution in [3.63, 3.8) is 0 Å². The van der Waals surface area contributed by atoms with Crippen LogP contribution in [0.4, 0.5) is 5.69 Å². The number of anilines is 1. The second kappa shape index (κ2) is 7.17. The van der Waals surface area contributed by atoms with Crippen molar-refractivity contribution in [2.45, 2.75) is 13.2 Å². The van der Waals surface area contributed by atoms with Crippen LogP contribution in [0.2, 0.25) is 5.02 Å². The minimum absolute atomic E-state index is 0.602. The Morgan fingerprint density at radius 1 is 1.05 bits per heavy atom. The van der Waals surface area contributed by atoms with Crippen LogP contribution in [0.25, 0.3) is 0 Å². The third kappa shape index (κ3) is 3.89. The molecule has 0 radical (unpaired) electrons. The van der Waals surface area contributed by atoms with Crippen molar-refractivity contribution in [2.75, 3.05) is 19.5 Å². The van der Waals surface area contributed by atoms with E-state index in [0.717, 1.165) is 12.2 Å². The van der Waals surface area contributed by atoms with Gasteiger partial charge < -0.3 is 14.8 Å². The molecule has 0 aliphatic heterocycles. The van der Waals surface area contributed by atoms with Crippen LogP contribution in [0.1, 0.15) is 11.1 Å². The first-order valence-electron chi connectivity index (χ1n) is 6.37. The Morgan fingerprint density at radius 3 is 2.55 bits per heavy atom. The Balaban J connectivity index is 2.01. The zero-order valence-electron chi connectivity index (χ0n) is 11.7. The highest BCUT2D eigenvalue weighted by molar-refractivity contribution is 6.32. The van der Waals surface area contributed by atoms with Crippen molar-refractivity contribution in [1.82, 2.24) is 0 Å². The molecule has 0 amide bonds. The van der Waals surface area contributed by atoms with Crippen LogP contribution in [0.5, 0.6) is 5.75 Å². The molecule has 0 aliphatic rings. The molecule has 4 heteroatoms. The van der Waals surface area contributed by atoms with Gasteiger partial charge in [0.2, 0.25) is 0 Å². The van der Waals surface area contributed by atoms with Crippen LogP contribution in [-0.4, -0.2) is 14.2 Å². The molecule has 0 aliphatic carbocycles. The van der Waals surface area contributed by atoms with E-state index in [1.807, 2.05) is 24.3 Å². The van der Waals surface area contributed by atoms with Gasteiger partial charge in [0, 0.05) is 19.3 Å². The molecule has 2 aromatic rings. The second-order valence-electron chi connectivity index (χ2n) is 4.46. The minimum atomic E-state index is 0.602. The van der Waals surface area contributed by atoms with E-state index in [-0.39, 0.29) is 0 Å². The first kappa shape index (κ1) is 14.7. The lowest BCUT2D eigenvalue weighted by atomic mass is 10.1. The van der Waals surface area contributed by atoms with E-state index in [1.165, 1.54) is 11.1 Å². The van der Waals surface area contributed by atoms with Gasteiger partial charge in [0.1, 0.15) is 5.75 Å². The first-order chi connectivity index (χ1) is 9.72. The summed E-state index contributed by atoms with van der Waals surface area (Å²) >= 11 is 6.10. The number of benzene rings is 2. The van der Waals surface area contributed by atoms with Crippen LogP contribution in [0.3, 0.4) is 0 Å². The van der Waals surface area contributed by atoms with Crippen molar-refractivity contribution in [3.05, 3.63) is 58.6 Å². The topological polar surface area (TPSA) is 30.5 Å². The van der Waals surface area contributed by atoms with Gasteiger partial charge in [-0.05, 0) is 29.3 Å². The predicted octanol–water partition coefficient (Wildman–Crippen LogP) is 4.11. The van der Waals surface area contributed by atoms with E-state index in [1.54, 1.807) is 14.2 Å². The molecule has 2 aromatic carbocycles. The van der Waals surface area contributed by atoms with Crippen LogP contribution >= 0.6 is 11.6 Å². The minimum Gasteiger partial charge on any atom is -0.495 e. The molecule has 2 rings (SSSR count). The molecule has 106 valence electrons. The fourth-order valence-corrected chi connectivity index (χ4v) is 2.23. The normalized spacial score (nSPS) is 10.3. The van der Waals surface area contributed by atoms with Crippen LogP contribution in [0.15, 0.2) is 42.5 Å². The van der Waals surface area contributed by atoms with E-state index in [4.69, 9.17) is 21.1 Å². The fraction of sp³-hybridized carbons (Fsp3) is 0.250. The highest BCUT2D eigenvalue weighted by atomic mass is 35.5. The van der Waals surface area contributed by atoms with Crippen molar-refractivity contribution in [3.8, 4) is 5.75 Å². The Hall–Kier alpha value is -1.71. The van der Waals surface area contributed by atoms with Gasteiger partial charge in [-0.25, -0.2) is 0 Å². The molecular formula is C16H18ClNO2. The van der Waals surface area contributed by atoms with Crippen LogP contribution < -0.4 is 10.1 Å². The highest BCUT2D eigenvalue weighted by Crippen LogP contribution is 2.27. The van der Waals surface area contributed by atoms with Gasteiger partial charge in [-0.15, -0.1) is 0 Å². The first-order valence-corrected chi connectivity index (χ1v) is 6.75. The molecule has 1 N–H and O–H groups in total. The van der Waals surface area contributed by atoms with Crippen molar-refractivity contribution in [2.24, 2.45) is 0 Å². The largest absolute Gasteiger partial charge is 0.495 e. The quantitative estimate of drug-likeness (QED) is 0.869. The number of methoxy groups -OCH3 is 2. The summed E-state index contributed by atoms with van der Waals surface area (Å²) in [5.74, 6) is 0.680. The SMILES string of the molecule is COCc1cccc(CNc2ccc(OC)c(Cl)c2)c1. The van der Waals surface area contributed by atoms with Gasteiger partial charge in [-0.2, -0.15) is 0 Å². The van der Waals surface area contributed by atoms with Gasteiger partial charge in [-0.1, -0.05) is 35.9 Å². The van der Waals surface area contributed by atoms with Gasteiger partial charge in [0.25, 0.3) is 0 Å². The summed E-state index contributed by atoms with van der Waals surface area (Å²) in [7, 11) is 3.31. The summed E-state index contributed by atoms with van der Waals surface area (Å²) in [4.78, 5) is 0. The molecule has 0 bridgehead atoms. The van der Waals surface area contributed by atoms with Crippen molar-refractivity contribution >= 4 is 17.3 Å². The molecule has 0 spiro atoms. The average Bonchev–Trinajstić information content (AvgIpc) is 2.46. The Labute approximate surface area is 124 Å². The third-order valence-corrected chi connectivity index (χ3v) is 3.25. The van der Waals surface area contributed by atoms with E-state index >= 15 is 0 Å². The Bertz CT molecular complexity index is 572. The molecule has 0 saturated heterocycles. The van der Waals surface area contributed by atoms with E-state index in [0.29, 0.717) is 17.4 Å². The van der Waals surface area contributed by atoms with Crippen LogP contribution in [-0.2, 0) is 17.9 Å². The number of ether oxygens (including phenoxy) is 2. The number of halogens is 1. The van der Waals surface area contributed by atoms with E-state index in [9.17, 15) is 0 Å². The maximum absolute atomic E-state index is 6.10. The smallest absolute Gasteiger partial charge is 0.137 e. The lowest BCUT2D eigenvalue weighted by Gasteiger charge is -2.10. The molecule has 0 aromatic heterocycles. The predicted molar refractivity (Wildman–Crippen MR) is 82.5 cm³/mol. The monoisotopic (exact) mass is 291 g/mol. The molecule has 0 heterocycles. The molecule has 20 heavy (non-hydrogen) atoms. The van der Waals surface area contributed by atoms with Crippen molar-refractivity contribution in [1.29, 1.82) is 0 Å². The Kier molecular flexibility index (Phi) is 5.27.